The first kappa shape index (κ1) is 23.2. The van der Waals surface area contributed by atoms with E-state index in [1.54, 1.807) is 12.1 Å². The molecule has 1 aliphatic rings. The molecule has 0 radical (unpaired) electrons. The first-order valence-corrected chi connectivity index (χ1v) is 12.5. The van der Waals surface area contributed by atoms with Crippen molar-refractivity contribution < 1.29 is 13.9 Å². The zero-order valence-corrected chi connectivity index (χ0v) is 22.4. The van der Waals surface area contributed by atoms with Crippen LogP contribution in [0.15, 0.2) is 72.1 Å². The van der Waals surface area contributed by atoms with Gasteiger partial charge in [-0.2, -0.15) is 0 Å². The molecule has 1 amide bonds. The molecule has 5 nitrogen and oxygen atoms in total. The standard InChI is InChI=1S/C23H17Br3N2O3S/c1-2-13-5-3-4-6-20(13)28-22(29)19(27-23(28)32)11-15-7-8-16(31-15)12-30-21-17(25)9-14(24)10-18(21)26/h3-11H,2,12H2,1H3,(H,27,32)/b19-11+. The maximum atomic E-state index is 13.0. The third-order valence-electron chi connectivity index (χ3n) is 4.78. The average molecular weight is 641 g/mol. The number of nitrogens with zero attached hydrogens (tertiary/aromatic N) is 1. The van der Waals surface area contributed by atoms with E-state index in [-0.39, 0.29) is 12.5 Å². The van der Waals surface area contributed by atoms with Gasteiger partial charge in [-0.3, -0.25) is 9.69 Å². The number of hydrogen-bond acceptors (Lipinski definition) is 4. The van der Waals surface area contributed by atoms with E-state index in [2.05, 4.69) is 53.1 Å². The molecule has 3 aromatic rings. The molecule has 0 aliphatic carbocycles. The number of ether oxygens (including phenoxy) is 1. The minimum absolute atomic E-state index is 0.215. The molecular weight excluding hydrogens is 624 g/mol. The number of carbonyl (C=O) groups is 1. The lowest BCUT2D eigenvalue weighted by atomic mass is 10.1. The van der Waals surface area contributed by atoms with Gasteiger partial charge in [0.1, 0.15) is 29.6 Å². The van der Waals surface area contributed by atoms with Gasteiger partial charge in [0, 0.05) is 10.5 Å². The number of furan rings is 1. The topological polar surface area (TPSA) is 54.7 Å². The van der Waals surface area contributed by atoms with Crippen LogP contribution in [-0.4, -0.2) is 11.0 Å². The highest BCUT2D eigenvalue weighted by Gasteiger charge is 2.33. The van der Waals surface area contributed by atoms with E-state index in [4.69, 9.17) is 21.4 Å². The highest BCUT2D eigenvalue weighted by atomic mass is 79.9. The summed E-state index contributed by atoms with van der Waals surface area (Å²) < 4.78 is 14.3. The summed E-state index contributed by atoms with van der Waals surface area (Å²) >= 11 is 15.9. The van der Waals surface area contributed by atoms with Gasteiger partial charge >= 0.3 is 0 Å². The van der Waals surface area contributed by atoms with Crippen LogP contribution in [0.5, 0.6) is 5.75 Å². The minimum Gasteiger partial charge on any atom is -0.483 e. The van der Waals surface area contributed by atoms with E-state index in [0.717, 1.165) is 31.1 Å². The molecule has 1 aliphatic heterocycles. The van der Waals surface area contributed by atoms with Crippen molar-refractivity contribution in [2.24, 2.45) is 0 Å². The number of hydrogen-bond donors (Lipinski definition) is 1. The number of para-hydroxylation sites is 1. The predicted octanol–water partition coefficient (Wildman–Crippen LogP) is 6.97. The summed E-state index contributed by atoms with van der Waals surface area (Å²) in [6.07, 6.45) is 2.45. The number of benzene rings is 2. The van der Waals surface area contributed by atoms with E-state index in [1.807, 2.05) is 49.4 Å². The van der Waals surface area contributed by atoms with E-state index in [1.165, 1.54) is 4.90 Å². The van der Waals surface area contributed by atoms with Crippen LogP contribution in [0.3, 0.4) is 0 Å². The van der Waals surface area contributed by atoms with E-state index in [9.17, 15) is 4.79 Å². The lowest BCUT2D eigenvalue weighted by Crippen LogP contribution is -2.31. The number of rotatable bonds is 6. The Kier molecular flexibility index (Phi) is 7.19. The number of carbonyl (C=O) groups excluding carboxylic acids is 1. The van der Waals surface area contributed by atoms with Gasteiger partial charge in [0.15, 0.2) is 5.11 Å². The van der Waals surface area contributed by atoms with E-state index >= 15 is 0 Å². The first-order chi connectivity index (χ1) is 15.4. The lowest BCUT2D eigenvalue weighted by molar-refractivity contribution is -0.113. The number of thiocarbonyl (C=S) groups is 1. The number of halogens is 3. The number of amides is 1. The second-order valence-corrected chi connectivity index (χ2v) is 9.91. The summed E-state index contributed by atoms with van der Waals surface area (Å²) in [4.78, 5) is 14.6. The predicted molar refractivity (Wildman–Crippen MR) is 140 cm³/mol. The molecular formula is C23H17Br3N2O3S. The molecule has 0 unspecified atom stereocenters. The molecule has 0 saturated carbocycles. The SMILES string of the molecule is CCc1ccccc1N1C(=O)/C(=C\c2ccc(COc3c(Br)cc(Br)cc3Br)o2)NC1=S. The van der Waals surface area contributed by atoms with Gasteiger partial charge in [-0.1, -0.05) is 41.1 Å². The molecule has 0 atom stereocenters. The molecule has 9 heteroatoms. The molecule has 1 saturated heterocycles. The van der Waals surface area contributed by atoms with Crippen molar-refractivity contribution >= 4 is 82.8 Å². The fourth-order valence-electron chi connectivity index (χ4n) is 3.28. The Labute approximate surface area is 216 Å². The maximum absolute atomic E-state index is 13.0. The molecule has 2 heterocycles. The Hall–Kier alpha value is -1.94. The largest absolute Gasteiger partial charge is 0.483 e. The Morgan fingerprint density at radius 3 is 2.56 bits per heavy atom. The van der Waals surface area contributed by atoms with Crippen LogP contribution in [0.1, 0.15) is 24.0 Å². The van der Waals surface area contributed by atoms with Crippen LogP contribution in [0.25, 0.3) is 6.08 Å². The third-order valence-corrected chi connectivity index (χ3v) is 6.70. The van der Waals surface area contributed by atoms with Crippen molar-refractivity contribution in [1.82, 2.24) is 5.32 Å². The Bertz CT molecular complexity index is 1220. The number of aryl methyl sites for hydroxylation is 1. The molecule has 32 heavy (non-hydrogen) atoms. The maximum Gasteiger partial charge on any atom is 0.281 e. The van der Waals surface area contributed by atoms with Crippen LogP contribution in [-0.2, 0) is 17.8 Å². The molecule has 2 aromatic carbocycles. The third kappa shape index (κ3) is 4.85. The van der Waals surface area contributed by atoms with Crippen molar-refractivity contribution in [3.63, 3.8) is 0 Å². The smallest absolute Gasteiger partial charge is 0.281 e. The molecule has 4 rings (SSSR count). The van der Waals surface area contributed by atoms with E-state index < -0.39 is 0 Å². The minimum atomic E-state index is -0.215. The van der Waals surface area contributed by atoms with Gasteiger partial charge in [-0.25, -0.2) is 0 Å². The van der Waals surface area contributed by atoms with Gasteiger partial charge in [0.25, 0.3) is 5.91 Å². The zero-order valence-electron chi connectivity index (χ0n) is 16.8. The van der Waals surface area contributed by atoms with Gasteiger partial charge < -0.3 is 14.5 Å². The summed E-state index contributed by atoms with van der Waals surface area (Å²) in [6.45, 7) is 2.28. The average Bonchev–Trinajstić information content (AvgIpc) is 3.31. The van der Waals surface area contributed by atoms with Crippen molar-refractivity contribution in [3.05, 3.63) is 84.7 Å². The van der Waals surface area contributed by atoms with Crippen LogP contribution in [0.4, 0.5) is 5.69 Å². The van der Waals surface area contributed by atoms with Gasteiger partial charge in [0.05, 0.1) is 14.6 Å². The zero-order chi connectivity index (χ0) is 22.8. The van der Waals surface area contributed by atoms with Gasteiger partial charge in [-0.05, 0) is 86.4 Å². The fourth-order valence-corrected chi connectivity index (χ4v) is 6.06. The van der Waals surface area contributed by atoms with Crippen LogP contribution in [0.2, 0.25) is 0 Å². The molecule has 1 aromatic heterocycles. The van der Waals surface area contributed by atoms with E-state index in [0.29, 0.717) is 28.1 Å². The summed E-state index contributed by atoms with van der Waals surface area (Å²) in [5.41, 5.74) is 2.20. The monoisotopic (exact) mass is 638 g/mol. The summed E-state index contributed by atoms with van der Waals surface area (Å²) in [7, 11) is 0. The number of anilines is 1. The van der Waals surface area contributed by atoms with Crippen LogP contribution in [0, 0.1) is 0 Å². The quantitative estimate of drug-likeness (QED) is 0.233. The summed E-state index contributed by atoms with van der Waals surface area (Å²) in [5.74, 6) is 1.61. The highest BCUT2D eigenvalue weighted by Crippen LogP contribution is 2.37. The second kappa shape index (κ2) is 9.91. The fraction of sp³-hybridized carbons (Fsp3) is 0.130. The Morgan fingerprint density at radius 1 is 1.12 bits per heavy atom. The van der Waals surface area contributed by atoms with Crippen LogP contribution >= 0.6 is 60.0 Å². The van der Waals surface area contributed by atoms with Crippen molar-refractivity contribution in [1.29, 1.82) is 0 Å². The molecule has 1 N–H and O–H groups in total. The summed E-state index contributed by atoms with van der Waals surface area (Å²) in [6, 6.07) is 15.2. The Balaban J connectivity index is 1.50. The molecule has 0 spiro atoms. The highest BCUT2D eigenvalue weighted by molar-refractivity contribution is 9.11. The molecule has 1 fully saturated rings. The first-order valence-electron chi connectivity index (χ1n) is 9.68. The van der Waals surface area contributed by atoms with Gasteiger partial charge in [-0.15, -0.1) is 0 Å². The van der Waals surface area contributed by atoms with Crippen molar-refractivity contribution in [2.45, 2.75) is 20.0 Å². The Morgan fingerprint density at radius 2 is 1.84 bits per heavy atom. The summed E-state index contributed by atoms with van der Waals surface area (Å²) in [5, 5.41) is 3.35. The second-order valence-electron chi connectivity index (χ2n) is 6.90. The number of nitrogens with one attached hydrogen (secondary N) is 1. The van der Waals surface area contributed by atoms with Gasteiger partial charge in [0.2, 0.25) is 0 Å². The van der Waals surface area contributed by atoms with Crippen molar-refractivity contribution in [2.75, 3.05) is 4.90 Å². The molecule has 0 bridgehead atoms. The van der Waals surface area contributed by atoms with Crippen LogP contribution < -0.4 is 15.0 Å². The normalized spacial score (nSPS) is 14.9. The lowest BCUT2D eigenvalue weighted by Gasteiger charge is -2.17. The molecule has 164 valence electrons. The van der Waals surface area contributed by atoms with Crippen molar-refractivity contribution in [3.8, 4) is 5.75 Å².